The smallest absolute Gasteiger partial charge is 0.303 e. The first-order valence-corrected chi connectivity index (χ1v) is 6.69. The zero-order valence-corrected chi connectivity index (χ0v) is 11.5. The molecule has 0 aliphatic carbocycles. The third-order valence-corrected chi connectivity index (χ3v) is 4.00. The van der Waals surface area contributed by atoms with Crippen LogP contribution in [0, 0.1) is 0 Å². The molecule has 0 bridgehead atoms. The molecule has 0 amide bonds. The van der Waals surface area contributed by atoms with Crippen LogP contribution in [-0.2, 0) is 23.7 Å². The van der Waals surface area contributed by atoms with Crippen molar-refractivity contribution in [2.45, 2.75) is 35.5 Å². The van der Waals surface area contributed by atoms with E-state index in [1.165, 1.54) is 6.92 Å². The highest BCUT2D eigenvalue weighted by Gasteiger charge is 2.53. The summed E-state index contributed by atoms with van der Waals surface area (Å²) in [5.74, 6) is -0.340. The maximum Gasteiger partial charge on any atom is 0.303 e. The first-order chi connectivity index (χ1) is 8.13. The van der Waals surface area contributed by atoms with E-state index < -0.39 is 6.29 Å². The summed E-state index contributed by atoms with van der Waals surface area (Å²) in [5.41, 5.74) is 0. The van der Waals surface area contributed by atoms with Crippen molar-refractivity contribution in [3.8, 4) is 0 Å². The topological polar surface area (TPSA) is 74.2 Å². The molecule has 0 spiro atoms. The van der Waals surface area contributed by atoms with Gasteiger partial charge >= 0.3 is 5.97 Å². The standard InChI is InChI=1S/C10H15IO6/c1-5(13)16-6-4-15-9-7(11)10(14-3-2-12)17-8(6)9/h6-10,12H,2-4H2,1H3/t6-,7-,8-,9-,10-/m1/s1. The fourth-order valence-corrected chi connectivity index (χ4v) is 3.04. The Kier molecular flexibility index (Phi) is 4.59. The lowest BCUT2D eigenvalue weighted by atomic mass is 10.1. The predicted octanol–water partition coefficient (Wildman–Crippen LogP) is -0.146. The molecular weight excluding hydrogens is 343 g/mol. The lowest BCUT2D eigenvalue weighted by Gasteiger charge is -2.18. The van der Waals surface area contributed by atoms with Crippen molar-refractivity contribution in [1.82, 2.24) is 0 Å². The number of alkyl halides is 1. The Morgan fingerprint density at radius 1 is 1.53 bits per heavy atom. The van der Waals surface area contributed by atoms with Crippen LogP contribution in [0.15, 0.2) is 0 Å². The molecule has 98 valence electrons. The molecule has 7 heteroatoms. The molecule has 2 heterocycles. The van der Waals surface area contributed by atoms with Gasteiger partial charge in [0.15, 0.2) is 12.4 Å². The van der Waals surface area contributed by atoms with Crippen LogP contribution in [0.5, 0.6) is 0 Å². The fraction of sp³-hybridized carbons (Fsp3) is 0.900. The number of esters is 1. The Bertz CT molecular complexity index is 286. The molecule has 0 radical (unpaired) electrons. The van der Waals surface area contributed by atoms with Crippen LogP contribution >= 0.6 is 22.6 Å². The van der Waals surface area contributed by atoms with Crippen LogP contribution in [-0.4, -0.2) is 59.4 Å². The van der Waals surface area contributed by atoms with Gasteiger partial charge in [-0.25, -0.2) is 0 Å². The van der Waals surface area contributed by atoms with Crippen molar-refractivity contribution in [1.29, 1.82) is 0 Å². The normalized spacial score (nSPS) is 40.3. The molecule has 1 N–H and O–H groups in total. The third-order valence-electron chi connectivity index (χ3n) is 2.70. The first-order valence-electron chi connectivity index (χ1n) is 5.44. The number of ether oxygens (including phenoxy) is 4. The van der Waals surface area contributed by atoms with Gasteiger partial charge in [0.25, 0.3) is 0 Å². The summed E-state index contributed by atoms with van der Waals surface area (Å²) in [7, 11) is 0. The van der Waals surface area contributed by atoms with E-state index in [1.807, 2.05) is 0 Å². The van der Waals surface area contributed by atoms with Crippen LogP contribution in [0.2, 0.25) is 0 Å². The lowest BCUT2D eigenvalue weighted by Crippen LogP contribution is -2.32. The van der Waals surface area contributed by atoms with Crippen molar-refractivity contribution < 1.29 is 28.8 Å². The summed E-state index contributed by atoms with van der Waals surface area (Å²) in [4.78, 5) is 10.9. The predicted molar refractivity (Wildman–Crippen MR) is 64.8 cm³/mol. The molecule has 0 unspecified atom stereocenters. The van der Waals surface area contributed by atoms with Gasteiger partial charge in [-0.15, -0.1) is 0 Å². The molecule has 5 atom stereocenters. The Labute approximate surface area is 113 Å². The number of hydrogen-bond acceptors (Lipinski definition) is 6. The second-order valence-corrected chi connectivity index (χ2v) is 5.39. The highest BCUT2D eigenvalue weighted by Crippen LogP contribution is 2.37. The van der Waals surface area contributed by atoms with E-state index in [-0.39, 0.29) is 41.4 Å². The van der Waals surface area contributed by atoms with Gasteiger partial charge < -0.3 is 24.1 Å². The summed E-state index contributed by atoms with van der Waals surface area (Å²) in [6, 6.07) is 0. The SMILES string of the molecule is CC(=O)O[C@@H]1CO[C@@H]2[C@@H](I)[C@H](OCCO)O[C@@H]21. The Balaban J connectivity index is 1.93. The van der Waals surface area contributed by atoms with Crippen molar-refractivity contribution in [2.75, 3.05) is 19.8 Å². The molecule has 0 aromatic heterocycles. The first kappa shape index (κ1) is 13.5. The van der Waals surface area contributed by atoms with Crippen LogP contribution in [0.1, 0.15) is 6.92 Å². The highest BCUT2D eigenvalue weighted by molar-refractivity contribution is 14.1. The lowest BCUT2D eigenvalue weighted by molar-refractivity contribution is -0.170. The highest BCUT2D eigenvalue weighted by atomic mass is 127. The molecule has 2 aliphatic heterocycles. The monoisotopic (exact) mass is 358 g/mol. The summed E-state index contributed by atoms with van der Waals surface area (Å²) in [5, 5.41) is 8.70. The minimum absolute atomic E-state index is 0.0321. The fourth-order valence-electron chi connectivity index (χ4n) is 2.04. The van der Waals surface area contributed by atoms with Crippen molar-refractivity contribution in [3.05, 3.63) is 0 Å². The molecule has 2 fully saturated rings. The molecular formula is C10H15IO6. The molecule has 2 saturated heterocycles. The van der Waals surface area contributed by atoms with Crippen molar-refractivity contribution in [3.63, 3.8) is 0 Å². The van der Waals surface area contributed by atoms with Crippen molar-refractivity contribution in [2.24, 2.45) is 0 Å². The number of fused-ring (bicyclic) bond motifs is 1. The second-order valence-electron chi connectivity index (χ2n) is 3.95. The maximum absolute atomic E-state index is 10.9. The number of rotatable bonds is 4. The summed E-state index contributed by atoms with van der Waals surface area (Å²) in [6.45, 7) is 1.90. The van der Waals surface area contributed by atoms with Gasteiger partial charge in [-0.1, -0.05) is 22.6 Å². The molecule has 6 nitrogen and oxygen atoms in total. The maximum atomic E-state index is 10.9. The van der Waals surface area contributed by atoms with Gasteiger partial charge in [-0.2, -0.15) is 0 Å². The molecule has 2 rings (SSSR count). The Hall–Kier alpha value is 0.0400. The average Bonchev–Trinajstić information content (AvgIpc) is 2.78. The van der Waals surface area contributed by atoms with E-state index in [4.69, 9.17) is 24.1 Å². The minimum atomic E-state index is -0.420. The molecule has 0 aromatic carbocycles. The molecule has 0 saturated carbocycles. The van der Waals surface area contributed by atoms with E-state index in [1.54, 1.807) is 0 Å². The summed E-state index contributed by atoms with van der Waals surface area (Å²) >= 11 is 2.20. The largest absolute Gasteiger partial charge is 0.457 e. The van der Waals surface area contributed by atoms with E-state index in [0.29, 0.717) is 6.61 Å². The van der Waals surface area contributed by atoms with E-state index in [2.05, 4.69) is 22.6 Å². The van der Waals surface area contributed by atoms with E-state index in [0.717, 1.165) is 0 Å². The average molecular weight is 358 g/mol. The summed E-state index contributed by atoms with van der Waals surface area (Å²) < 4.78 is 21.7. The zero-order chi connectivity index (χ0) is 12.4. The number of aliphatic hydroxyl groups is 1. The van der Waals surface area contributed by atoms with Gasteiger partial charge in [0.05, 0.1) is 23.7 Å². The van der Waals surface area contributed by atoms with E-state index in [9.17, 15) is 4.79 Å². The van der Waals surface area contributed by atoms with Gasteiger partial charge in [0, 0.05) is 6.92 Å². The van der Waals surface area contributed by atoms with Crippen LogP contribution in [0.3, 0.4) is 0 Å². The van der Waals surface area contributed by atoms with Gasteiger partial charge in [0.2, 0.25) is 0 Å². The summed E-state index contributed by atoms with van der Waals surface area (Å²) in [6.07, 6.45) is -1.18. The van der Waals surface area contributed by atoms with Crippen LogP contribution in [0.25, 0.3) is 0 Å². The van der Waals surface area contributed by atoms with Gasteiger partial charge in [-0.3, -0.25) is 4.79 Å². The number of carbonyl (C=O) groups excluding carboxylic acids is 1. The van der Waals surface area contributed by atoms with Gasteiger partial charge in [0.1, 0.15) is 12.2 Å². The Morgan fingerprint density at radius 3 is 2.94 bits per heavy atom. The Morgan fingerprint density at radius 2 is 2.29 bits per heavy atom. The minimum Gasteiger partial charge on any atom is -0.457 e. The molecule has 2 aliphatic rings. The zero-order valence-electron chi connectivity index (χ0n) is 9.37. The number of carbonyl (C=O) groups is 1. The number of halogens is 1. The van der Waals surface area contributed by atoms with E-state index >= 15 is 0 Å². The van der Waals surface area contributed by atoms with Crippen LogP contribution < -0.4 is 0 Å². The van der Waals surface area contributed by atoms with Crippen molar-refractivity contribution >= 4 is 28.6 Å². The number of aliphatic hydroxyl groups excluding tert-OH is 1. The molecule has 0 aromatic rings. The quantitative estimate of drug-likeness (QED) is 0.428. The van der Waals surface area contributed by atoms with Gasteiger partial charge in [-0.05, 0) is 0 Å². The molecule has 17 heavy (non-hydrogen) atoms. The second kappa shape index (κ2) is 5.79. The number of hydrogen-bond donors (Lipinski definition) is 1. The van der Waals surface area contributed by atoms with Crippen LogP contribution in [0.4, 0.5) is 0 Å². The third kappa shape index (κ3) is 2.90.